The van der Waals surface area contributed by atoms with Crippen LogP contribution in [0.15, 0.2) is 72.5 Å². The molecule has 5 aliphatic rings. The molecular weight excluding hydrogens is 530 g/mol. The van der Waals surface area contributed by atoms with E-state index in [1.807, 2.05) is 12.3 Å². The Morgan fingerprint density at radius 3 is 2.53 bits per heavy atom. The van der Waals surface area contributed by atoms with Gasteiger partial charge in [0, 0.05) is 11.6 Å². The van der Waals surface area contributed by atoms with Crippen molar-refractivity contribution >= 4 is 17.2 Å². The maximum Gasteiger partial charge on any atom is 0.241 e. The fraction of sp³-hybridized carbons (Fsp3) is 0.459. The lowest BCUT2D eigenvalue weighted by molar-refractivity contribution is -0.117. The minimum atomic E-state index is -0.0709. The van der Waals surface area contributed by atoms with E-state index in [-0.39, 0.29) is 11.9 Å². The Bertz CT molecular complexity index is 1550. The predicted octanol–water partition coefficient (Wildman–Crippen LogP) is 7.27. The molecule has 8 rings (SSSR count). The zero-order valence-electron chi connectivity index (χ0n) is 25.0. The molecular formula is C37H43N5O. The molecule has 3 aliphatic carbocycles. The molecule has 6 nitrogen and oxygen atoms in total. The van der Waals surface area contributed by atoms with Crippen molar-refractivity contribution in [1.29, 1.82) is 0 Å². The van der Waals surface area contributed by atoms with E-state index in [0.717, 1.165) is 49.6 Å². The van der Waals surface area contributed by atoms with Gasteiger partial charge in [0.15, 0.2) is 0 Å². The van der Waals surface area contributed by atoms with E-state index in [4.69, 9.17) is 0 Å². The number of benzene rings is 2. The van der Waals surface area contributed by atoms with Gasteiger partial charge in [-0.2, -0.15) is 0 Å². The number of nitrogens with one attached hydrogen (secondary N) is 4. The zero-order valence-corrected chi connectivity index (χ0v) is 25.0. The van der Waals surface area contributed by atoms with Gasteiger partial charge < -0.3 is 20.9 Å². The normalized spacial score (nSPS) is 27.7. The molecule has 1 aromatic heterocycles. The molecule has 43 heavy (non-hydrogen) atoms. The molecule has 6 heteroatoms. The highest BCUT2D eigenvalue weighted by molar-refractivity contribution is 5.95. The molecule has 2 aliphatic heterocycles. The first-order valence-electron chi connectivity index (χ1n) is 16.6. The number of hydrogen-bond acceptors (Lipinski definition) is 4. The van der Waals surface area contributed by atoms with Crippen LogP contribution in [0.1, 0.15) is 93.1 Å². The van der Waals surface area contributed by atoms with Gasteiger partial charge in [0.25, 0.3) is 0 Å². The van der Waals surface area contributed by atoms with Gasteiger partial charge in [-0.3, -0.25) is 4.79 Å². The van der Waals surface area contributed by atoms with Crippen molar-refractivity contribution in [2.24, 2.45) is 11.3 Å². The minimum Gasteiger partial charge on any atom is -0.341 e. The summed E-state index contributed by atoms with van der Waals surface area (Å²) in [6.07, 6.45) is 19.1. The lowest BCUT2D eigenvalue weighted by Gasteiger charge is -2.29. The highest BCUT2D eigenvalue weighted by Crippen LogP contribution is 2.61. The van der Waals surface area contributed by atoms with Gasteiger partial charge in [0.1, 0.15) is 5.82 Å². The number of carbonyl (C=O) groups is 1. The number of rotatable bonds is 6. The standard InChI is InChI=1S/C37H43N5O/c43-36(33-9-5-19-39-33)41-27-7-3-6-26(20-27)29-15-14-28(30-21-37(22-31(29)30)16-1-2-17-37)24-10-12-25(13-11-24)34-23-40-35(42-34)32-8-4-18-38-32/h3,6-7,10-15,20,23,29,31-33,38-39H,1-2,4-5,8-9,16-19,21-22H2,(H,40,42)(H,41,43). The third-order valence-electron chi connectivity index (χ3n) is 11.0. The van der Waals surface area contributed by atoms with Crippen LogP contribution in [0.5, 0.6) is 0 Å². The molecule has 2 aromatic carbocycles. The fourth-order valence-corrected chi connectivity index (χ4v) is 8.78. The predicted molar refractivity (Wildman–Crippen MR) is 173 cm³/mol. The third kappa shape index (κ3) is 5.19. The number of carbonyl (C=O) groups excluding carboxylic acids is 1. The molecule has 0 radical (unpaired) electrons. The Morgan fingerprint density at radius 1 is 0.930 bits per heavy atom. The van der Waals surface area contributed by atoms with Gasteiger partial charge in [-0.1, -0.05) is 67.0 Å². The second-order valence-corrected chi connectivity index (χ2v) is 13.7. The van der Waals surface area contributed by atoms with Crippen LogP contribution >= 0.6 is 0 Å². The van der Waals surface area contributed by atoms with Crippen LogP contribution in [0.4, 0.5) is 5.69 Å². The van der Waals surface area contributed by atoms with Gasteiger partial charge in [-0.15, -0.1) is 0 Å². The van der Waals surface area contributed by atoms with Gasteiger partial charge in [0.2, 0.25) is 5.91 Å². The number of H-pyrrole nitrogens is 1. The summed E-state index contributed by atoms with van der Waals surface area (Å²) in [6.45, 7) is 2.00. The Balaban J connectivity index is 1.06. The highest BCUT2D eigenvalue weighted by Gasteiger charge is 2.47. The number of allylic oxidation sites excluding steroid dienone is 4. The average molecular weight is 574 g/mol. The monoisotopic (exact) mass is 573 g/mol. The van der Waals surface area contributed by atoms with E-state index in [2.05, 4.69) is 80.5 Å². The van der Waals surface area contributed by atoms with Crippen molar-refractivity contribution in [1.82, 2.24) is 20.6 Å². The lowest BCUT2D eigenvalue weighted by Crippen LogP contribution is -2.35. The summed E-state index contributed by atoms with van der Waals surface area (Å²) >= 11 is 0. The second-order valence-electron chi connectivity index (χ2n) is 13.7. The Labute approximate surface area is 254 Å². The quantitative estimate of drug-likeness (QED) is 0.250. The van der Waals surface area contributed by atoms with Gasteiger partial charge in [-0.25, -0.2) is 4.98 Å². The maximum absolute atomic E-state index is 12.8. The third-order valence-corrected chi connectivity index (χ3v) is 11.0. The molecule has 3 heterocycles. The zero-order chi connectivity index (χ0) is 28.8. The van der Waals surface area contributed by atoms with Crippen LogP contribution in [-0.4, -0.2) is 35.0 Å². The fourth-order valence-electron chi connectivity index (χ4n) is 8.78. The molecule has 222 valence electrons. The number of aromatic nitrogens is 2. The van der Waals surface area contributed by atoms with Gasteiger partial charge >= 0.3 is 0 Å². The number of amides is 1. The van der Waals surface area contributed by atoms with E-state index in [9.17, 15) is 4.79 Å². The summed E-state index contributed by atoms with van der Waals surface area (Å²) in [5, 5.41) is 10.1. The van der Waals surface area contributed by atoms with Crippen LogP contribution < -0.4 is 16.0 Å². The summed E-state index contributed by atoms with van der Waals surface area (Å²) in [4.78, 5) is 21.1. The molecule has 0 bridgehead atoms. The van der Waals surface area contributed by atoms with E-state index >= 15 is 0 Å². The molecule has 2 saturated heterocycles. The molecule has 1 spiro atoms. The largest absolute Gasteiger partial charge is 0.341 e. The van der Waals surface area contributed by atoms with Gasteiger partial charge in [0.05, 0.1) is 24.0 Å². The van der Waals surface area contributed by atoms with Gasteiger partial charge in [-0.05, 0) is 110 Å². The topological polar surface area (TPSA) is 81.8 Å². The molecule has 3 aromatic rings. The van der Waals surface area contributed by atoms with Crippen LogP contribution in [0.2, 0.25) is 0 Å². The summed E-state index contributed by atoms with van der Waals surface area (Å²) in [5.41, 5.74) is 9.34. The highest BCUT2D eigenvalue weighted by atomic mass is 16.2. The molecule has 4 unspecified atom stereocenters. The van der Waals surface area contributed by atoms with E-state index in [1.54, 1.807) is 5.57 Å². The minimum absolute atomic E-state index is 0.0709. The Hall–Kier alpha value is -3.48. The number of imidazole rings is 1. The van der Waals surface area contributed by atoms with Crippen LogP contribution in [0, 0.1) is 11.3 Å². The van der Waals surface area contributed by atoms with E-state index < -0.39 is 0 Å². The summed E-state index contributed by atoms with van der Waals surface area (Å²) < 4.78 is 0. The number of nitrogens with zero attached hydrogens (tertiary/aromatic N) is 1. The number of aromatic amines is 1. The SMILES string of the molecule is O=C(Nc1cccc(C2C=CC(c3ccc(-c4cnc(C5CCCN5)[nH]4)cc3)=C3CC4(CCCC4)CC32)c1)C1CCCN1. The summed E-state index contributed by atoms with van der Waals surface area (Å²) in [5.74, 6) is 1.99. The van der Waals surface area contributed by atoms with Crippen molar-refractivity contribution in [2.45, 2.75) is 82.2 Å². The lowest BCUT2D eigenvalue weighted by atomic mass is 9.75. The molecule has 2 saturated carbocycles. The number of anilines is 1. The van der Waals surface area contributed by atoms with Crippen molar-refractivity contribution in [3.8, 4) is 11.3 Å². The number of fused-ring (bicyclic) bond motifs is 1. The molecule has 4 fully saturated rings. The first kappa shape index (κ1) is 27.1. The van der Waals surface area contributed by atoms with Crippen molar-refractivity contribution in [3.63, 3.8) is 0 Å². The molecule has 4 N–H and O–H groups in total. The Morgan fingerprint density at radius 2 is 1.74 bits per heavy atom. The first-order valence-corrected chi connectivity index (χ1v) is 16.6. The van der Waals surface area contributed by atoms with Crippen LogP contribution in [0.25, 0.3) is 16.8 Å². The maximum atomic E-state index is 12.8. The Kier molecular flexibility index (Phi) is 7.07. The van der Waals surface area contributed by atoms with Crippen molar-refractivity contribution < 1.29 is 4.79 Å². The second kappa shape index (κ2) is 11.2. The van der Waals surface area contributed by atoms with Crippen molar-refractivity contribution in [2.75, 3.05) is 18.4 Å². The molecule has 4 atom stereocenters. The average Bonchev–Trinajstić information content (AvgIpc) is 3.88. The van der Waals surface area contributed by atoms with Crippen LogP contribution in [-0.2, 0) is 4.79 Å². The van der Waals surface area contributed by atoms with Crippen LogP contribution in [0.3, 0.4) is 0 Å². The summed E-state index contributed by atoms with van der Waals surface area (Å²) in [6, 6.07) is 18.0. The van der Waals surface area contributed by atoms with E-state index in [0.29, 0.717) is 23.3 Å². The number of hydrogen-bond donors (Lipinski definition) is 4. The summed E-state index contributed by atoms with van der Waals surface area (Å²) in [7, 11) is 0. The smallest absolute Gasteiger partial charge is 0.241 e. The first-order chi connectivity index (χ1) is 21.1. The van der Waals surface area contributed by atoms with E-state index in [1.165, 1.54) is 67.2 Å². The molecule has 1 amide bonds. The van der Waals surface area contributed by atoms with Crippen molar-refractivity contribution in [3.05, 3.63) is 89.4 Å².